The molecular formula is C77H54BN5. The second-order valence-corrected chi connectivity index (χ2v) is 25.4. The zero-order valence-electron chi connectivity index (χ0n) is 47.1. The zero-order chi connectivity index (χ0) is 55.4. The van der Waals surface area contributed by atoms with Crippen LogP contribution in [-0.4, -0.2) is 30.8 Å². The van der Waals surface area contributed by atoms with Crippen LogP contribution >= 0.6 is 0 Å². The molecule has 390 valence electrons. The highest BCUT2D eigenvalue weighted by Gasteiger charge is 2.43. The molecule has 0 aliphatic carbocycles. The molecule has 0 bridgehead atoms. The molecule has 0 fully saturated rings. The summed E-state index contributed by atoms with van der Waals surface area (Å²) >= 11 is 0. The van der Waals surface area contributed by atoms with E-state index in [0.29, 0.717) is 17.5 Å². The SMILES string of the molecule is CC(C)(C)c1ccc2c(c1)c1cc(C(C)(C)C)cc3c1n2-c1cc(-c2nc(-c4ccccc4)nc(-c4ccccc4)n2)cc2c1B3c1cc3c4ccccc4c4ccccc4c3c3c4c5c6ccccc6c6ccccc6c5ccc4n-2c13. The third-order valence-electron chi connectivity index (χ3n) is 18.7. The summed E-state index contributed by atoms with van der Waals surface area (Å²) in [4.78, 5) is 16.2. The van der Waals surface area contributed by atoms with Gasteiger partial charge in [-0.1, -0.05) is 224 Å². The average molecular weight is 1060 g/mol. The van der Waals surface area contributed by atoms with Crippen LogP contribution in [-0.2, 0) is 10.8 Å². The summed E-state index contributed by atoms with van der Waals surface area (Å²) in [7, 11) is 0. The van der Waals surface area contributed by atoms with Crippen molar-refractivity contribution in [2.24, 2.45) is 0 Å². The molecule has 0 radical (unpaired) electrons. The van der Waals surface area contributed by atoms with E-state index < -0.39 is 0 Å². The van der Waals surface area contributed by atoms with Crippen molar-refractivity contribution in [2.45, 2.75) is 52.4 Å². The molecule has 0 atom stereocenters. The molecule has 83 heavy (non-hydrogen) atoms. The predicted molar refractivity (Wildman–Crippen MR) is 352 cm³/mol. The maximum absolute atomic E-state index is 5.49. The number of nitrogens with zero attached hydrogens (tertiary/aromatic N) is 5. The summed E-state index contributed by atoms with van der Waals surface area (Å²) in [5.41, 5.74) is 16.4. The standard InChI is InChI=1S/C77H54BN5/c1-76(2,3)46-33-35-62-57(39-46)59-40-47(77(4,5)6)41-60-71(59)82(62)64-37-45(75-80-73(43-21-9-7-10-22-43)79-74(81-75)44-23-11-8-12-24-44)38-65-70(64)78(60)61-42-58-53-30-16-14-26-49(53)51-28-18-20-32-55(51)67(58)69-68-63(83(65)72(61)69)36-34-56-52-29-15-13-25-48(52)50-27-17-19-31-54(50)66(56)68/h7-42H,1-6H3. The molecule has 18 rings (SSSR count). The lowest BCUT2D eigenvalue weighted by Crippen LogP contribution is -2.59. The lowest BCUT2D eigenvalue weighted by molar-refractivity contribution is 0.590. The first kappa shape index (κ1) is 46.8. The van der Waals surface area contributed by atoms with Gasteiger partial charge in [-0.2, -0.15) is 0 Å². The summed E-state index contributed by atoms with van der Waals surface area (Å²) in [5.74, 6) is 1.90. The van der Waals surface area contributed by atoms with Crippen LogP contribution in [0.3, 0.4) is 0 Å². The third kappa shape index (κ3) is 6.35. The Labute approximate surface area is 480 Å². The number of benzene rings is 13. The van der Waals surface area contributed by atoms with E-state index in [0.717, 1.165) is 28.1 Å². The Hall–Kier alpha value is -9.91. The molecule has 5 heterocycles. The second-order valence-electron chi connectivity index (χ2n) is 25.4. The number of aromatic nitrogens is 5. The van der Waals surface area contributed by atoms with Gasteiger partial charge in [-0.25, -0.2) is 15.0 Å². The average Bonchev–Trinajstić information content (AvgIpc) is 1.62. The van der Waals surface area contributed by atoms with Crippen molar-refractivity contribution < 1.29 is 0 Å². The van der Waals surface area contributed by atoms with Crippen molar-refractivity contribution in [2.75, 3.05) is 0 Å². The lowest BCUT2D eigenvalue weighted by Gasteiger charge is -2.35. The van der Waals surface area contributed by atoms with Crippen molar-refractivity contribution >= 4 is 131 Å². The first-order valence-corrected chi connectivity index (χ1v) is 29.2. The van der Waals surface area contributed by atoms with E-state index in [2.05, 4.69) is 257 Å². The number of hydrogen-bond acceptors (Lipinski definition) is 3. The minimum atomic E-state index is -0.145. The Kier molecular flexibility index (Phi) is 9.24. The quantitative estimate of drug-likeness (QED) is 0.131. The van der Waals surface area contributed by atoms with Crippen LogP contribution in [0, 0.1) is 0 Å². The van der Waals surface area contributed by atoms with Crippen LogP contribution in [0.2, 0.25) is 0 Å². The Balaban J connectivity index is 1.10. The fourth-order valence-electron chi connectivity index (χ4n) is 15.0. The molecule has 0 N–H and O–H groups in total. The third-order valence-corrected chi connectivity index (χ3v) is 18.7. The fourth-order valence-corrected chi connectivity index (χ4v) is 15.0. The van der Waals surface area contributed by atoms with E-state index in [1.54, 1.807) is 0 Å². The second kappa shape index (κ2) is 16.4. The normalized spacial score (nSPS) is 13.2. The van der Waals surface area contributed by atoms with Gasteiger partial charge in [0.05, 0.1) is 16.6 Å². The molecule has 2 aliphatic heterocycles. The highest BCUT2D eigenvalue weighted by atomic mass is 15.1. The summed E-state index contributed by atoms with van der Waals surface area (Å²) in [6, 6.07) is 81.8. The van der Waals surface area contributed by atoms with Gasteiger partial charge in [-0.05, 0) is 129 Å². The van der Waals surface area contributed by atoms with Gasteiger partial charge < -0.3 is 9.13 Å². The fraction of sp³-hybridized carbons (Fsp3) is 0.104. The number of hydrogen-bond donors (Lipinski definition) is 0. The Morgan fingerprint density at radius 3 is 1.27 bits per heavy atom. The zero-order valence-corrected chi connectivity index (χ0v) is 47.1. The molecule has 13 aromatic carbocycles. The van der Waals surface area contributed by atoms with E-state index in [1.807, 2.05) is 12.1 Å². The van der Waals surface area contributed by atoms with Crippen LogP contribution in [0.5, 0.6) is 0 Å². The highest BCUT2D eigenvalue weighted by molar-refractivity contribution is 7.00. The van der Waals surface area contributed by atoms with Crippen LogP contribution in [0.4, 0.5) is 0 Å². The van der Waals surface area contributed by atoms with Crippen molar-refractivity contribution in [3.8, 4) is 45.5 Å². The molecule has 0 unspecified atom stereocenters. The first-order valence-electron chi connectivity index (χ1n) is 29.2. The van der Waals surface area contributed by atoms with E-state index in [-0.39, 0.29) is 17.5 Å². The molecule has 3 aromatic heterocycles. The van der Waals surface area contributed by atoms with E-state index in [9.17, 15) is 0 Å². The van der Waals surface area contributed by atoms with Crippen LogP contribution < -0.4 is 16.4 Å². The highest BCUT2D eigenvalue weighted by Crippen LogP contribution is 2.50. The van der Waals surface area contributed by atoms with Crippen molar-refractivity contribution in [1.82, 2.24) is 24.1 Å². The van der Waals surface area contributed by atoms with Crippen molar-refractivity contribution in [1.29, 1.82) is 0 Å². The molecule has 0 amide bonds. The minimum Gasteiger partial charge on any atom is -0.310 e. The van der Waals surface area contributed by atoms with Gasteiger partial charge in [0.25, 0.3) is 6.71 Å². The van der Waals surface area contributed by atoms with Gasteiger partial charge in [0, 0.05) is 65.9 Å². The van der Waals surface area contributed by atoms with Crippen LogP contribution in [0.1, 0.15) is 52.7 Å². The summed E-state index contributed by atoms with van der Waals surface area (Å²) < 4.78 is 5.28. The van der Waals surface area contributed by atoms with Crippen LogP contribution in [0.25, 0.3) is 154 Å². The molecule has 16 aromatic rings. The summed E-state index contributed by atoms with van der Waals surface area (Å²) in [6.07, 6.45) is 0. The molecule has 5 nitrogen and oxygen atoms in total. The summed E-state index contributed by atoms with van der Waals surface area (Å²) in [6.45, 7) is 14.0. The Morgan fingerprint density at radius 2 is 0.723 bits per heavy atom. The van der Waals surface area contributed by atoms with E-state index in [4.69, 9.17) is 15.0 Å². The lowest BCUT2D eigenvalue weighted by atomic mass is 9.34. The van der Waals surface area contributed by atoms with E-state index in [1.165, 1.54) is 136 Å². The Morgan fingerprint density at radius 1 is 0.301 bits per heavy atom. The van der Waals surface area contributed by atoms with Gasteiger partial charge >= 0.3 is 0 Å². The largest absolute Gasteiger partial charge is 0.310 e. The minimum absolute atomic E-state index is 0.0570. The smallest absolute Gasteiger partial charge is 0.252 e. The number of fused-ring (bicyclic) bond motifs is 24. The predicted octanol–water partition coefficient (Wildman–Crippen LogP) is 17.7. The van der Waals surface area contributed by atoms with E-state index >= 15 is 0 Å². The molecule has 0 saturated carbocycles. The topological polar surface area (TPSA) is 48.5 Å². The van der Waals surface area contributed by atoms with Gasteiger partial charge in [0.1, 0.15) is 0 Å². The monoisotopic (exact) mass is 1060 g/mol. The van der Waals surface area contributed by atoms with Crippen molar-refractivity contribution in [3.63, 3.8) is 0 Å². The first-order chi connectivity index (χ1) is 40.5. The molecule has 6 heteroatoms. The van der Waals surface area contributed by atoms with Gasteiger partial charge in [0.15, 0.2) is 17.5 Å². The Bertz CT molecular complexity index is 5490. The van der Waals surface area contributed by atoms with Crippen molar-refractivity contribution in [3.05, 3.63) is 230 Å². The van der Waals surface area contributed by atoms with Crippen LogP contribution in [0.15, 0.2) is 218 Å². The molecule has 0 saturated heterocycles. The van der Waals surface area contributed by atoms with Gasteiger partial charge in [-0.15, -0.1) is 0 Å². The maximum atomic E-state index is 5.49. The van der Waals surface area contributed by atoms with Gasteiger partial charge in [0.2, 0.25) is 0 Å². The molecular weight excluding hydrogens is 1010 g/mol. The summed E-state index contributed by atoms with van der Waals surface area (Å²) in [5, 5.41) is 20.3. The maximum Gasteiger partial charge on any atom is 0.252 e. The molecule has 0 spiro atoms. The van der Waals surface area contributed by atoms with Gasteiger partial charge in [-0.3, -0.25) is 0 Å². The number of rotatable bonds is 3. The molecule has 2 aliphatic rings.